The minimum atomic E-state index is -0.403. The molecule has 0 bridgehead atoms. The maximum Gasteiger partial charge on any atom is 0.230 e. The number of rotatable bonds is 5. The van der Waals surface area contributed by atoms with E-state index < -0.39 is 5.41 Å². The molecule has 6 nitrogen and oxygen atoms in total. The number of fused-ring (bicyclic) bond motifs is 1. The van der Waals surface area contributed by atoms with E-state index in [2.05, 4.69) is 21.4 Å². The summed E-state index contributed by atoms with van der Waals surface area (Å²) in [5.74, 6) is 0.407. The minimum absolute atomic E-state index is 0.132. The average molecular weight is 346 g/mol. The molecule has 4 heterocycles. The number of thiophene rings is 1. The summed E-state index contributed by atoms with van der Waals surface area (Å²) in [6, 6.07) is 4.06. The summed E-state index contributed by atoms with van der Waals surface area (Å²) in [5, 5.41) is 9.39. The van der Waals surface area contributed by atoms with Gasteiger partial charge < -0.3 is 10.1 Å². The highest BCUT2D eigenvalue weighted by molar-refractivity contribution is 7.09. The van der Waals surface area contributed by atoms with Crippen LogP contribution >= 0.6 is 11.3 Å². The van der Waals surface area contributed by atoms with Gasteiger partial charge in [-0.05, 0) is 11.4 Å². The topological polar surface area (TPSA) is 59.4 Å². The first kappa shape index (κ1) is 15.8. The highest BCUT2D eigenvalue weighted by Gasteiger charge is 2.55. The van der Waals surface area contributed by atoms with Gasteiger partial charge in [-0.1, -0.05) is 6.07 Å². The molecule has 0 unspecified atom stereocenters. The number of amides is 1. The van der Waals surface area contributed by atoms with Crippen molar-refractivity contribution in [1.82, 2.24) is 20.0 Å². The van der Waals surface area contributed by atoms with Crippen molar-refractivity contribution in [2.24, 2.45) is 18.4 Å². The van der Waals surface area contributed by atoms with Crippen molar-refractivity contribution in [2.45, 2.75) is 13.1 Å². The van der Waals surface area contributed by atoms with Gasteiger partial charge in [0.25, 0.3) is 0 Å². The van der Waals surface area contributed by atoms with Crippen molar-refractivity contribution in [3.8, 4) is 0 Å². The number of nitrogens with zero attached hydrogens (tertiary/aromatic N) is 3. The van der Waals surface area contributed by atoms with Crippen molar-refractivity contribution in [2.75, 3.05) is 26.3 Å². The number of carbonyl (C=O) groups excluding carboxylic acids is 1. The number of hydrogen-bond acceptors (Lipinski definition) is 5. The van der Waals surface area contributed by atoms with E-state index in [1.807, 2.05) is 35.6 Å². The van der Waals surface area contributed by atoms with Crippen molar-refractivity contribution in [1.29, 1.82) is 0 Å². The summed E-state index contributed by atoms with van der Waals surface area (Å²) in [7, 11) is 1.93. The van der Waals surface area contributed by atoms with Crippen molar-refractivity contribution < 1.29 is 9.53 Å². The fourth-order valence-electron chi connectivity index (χ4n) is 3.85. The largest absolute Gasteiger partial charge is 0.380 e. The first-order valence-corrected chi connectivity index (χ1v) is 9.12. The molecular formula is C17H22N4O2S. The number of nitrogens with one attached hydrogen (secondary N) is 1. The summed E-state index contributed by atoms with van der Waals surface area (Å²) >= 11 is 1.67. The lowest BCUT2D eigenvalue weighted by molar-refractivity contribution is -0.131. The van der Waals surface area contributed by atoms with E-state index >= 15 is 0 Å². The predicted octanol–water partition coefficient (Wildman–Crippen LogP) is 1.25. The Balaban J connectivity index is 1.43. The maximum absolute atomic E-state index is 12.9. The van der Waals surface area contributed by atoms with Crippen molar-refractivity contribution in [3.63, 3.8) is 0 Å². The highest BCUT2D eigenvalue weighted by Crippen LogP contribution is 2.42. The summed E-state index contributed by atoms with van der Waals surface area (Å²) < 4.78 is 7.49. The van der Waals surface area contributed by atoms with Gasteiger partial charge in [0.05, 0.1) is 31.4 Å². The maximum atomic E-state index is 12.9. The Morgan fingerprint density at radius 3 is 3.25 bits per heavy atom. The number of likely N-dealkylation sites (tertiary alicyclic amines) is 1. The molecule has 128 valence electrons. The molecule has 7 heteroatoms. The second-order valence-corrected chi connectivity index (χ2v) is 7.85. The van der Waals surface area contributed by atoms with E-state index in [1.165, 1.54) is 10.4 Å². The monoisotopic (exact) mass is 346 g/mol. The molecule has 2 saturated heterocycles. The first-order chi connectivity index (χ1) is 11.7. The fraction of sp³-hybridized carbons (Fsp3) is 0.529. The molecule has 2 fully saturated rings. The van der Waals surface area contributed by atoms with Crippen LogP contribution in [0.25, 0.3) is 0 Å². The third kappa shape index (κ3) is 2.87. The lowest BCUT2D eigenvalue weighted by Gasteiger charge is -2.26. The molecule has 0 aliphatic carbocycles. The Bertz CT molecular complexity index is 714. The van der Waals surface area contributed by atoms with Crippen LogP contribution < -0.4 is 5.32 Å². The second kappa shape index (κ2) is 6.31. The minimum Gasteiger partial charge on any atom is -0.380 e. The van der Waals surface area contributed by atoms with Gasteiger partial charge in [0.1, 0.15) is 0 Å². The Labute approximate surface area is 145 Å². The first-order valence-electron chi connectivity index (χ1n) is 8.24. The molecule has 2 atom stereocenters. The molecule has 1 amide bonds. The molecule has 4 rings (SSSR count). The lowest BCUT2D eigenvalue weighted by atomic mass is 9.80. The van der Waals surface area contributed by atoms with Crippen molar-refractivity contribution in [3.05, 3.63) is 40.3 Å². The van der Waals surface area contributed by atoms with Crippen LogP contribution in [0.5, 0.6) is 0 Å². The molecule has 0 aromatic carbocycles. The average Bonchev–Trinajstić information content (AvgIpc) is 3.29. The number of aromatic nitrogens is 2. The van der Waals surface area contributed by atoms with Crippen LogP contribution in [0.2, 0.25) is 0 Å². The Hall–Kier alpha value is -1.70. The van der Waals surface area contributed by atoms with Crippen LogP contribution in [-0.4, -0.2) is 46.9 Å². The van der Waals surface area contributed by atoms with E-state index in [0.717, 1.165) is 19.6 Å². The normalized spacial score (nSPS) is 26.6. The van der Waals surface area contributed by atoms with E-state index in [4.69, 9.17) is 4.74 Å². The third-order valence-corrected chi connectivity index (χ3v) is 5.94. The smallest absolute Gasteiger partial charge is 0.230 e. The fourth-order valence-corrected chi connectivity index (χ4v) is 4.49. The molecule has 2 aliphatic rings. The van der Waals surface area contributed by atoms with E-state index in [1.54, 1.807) is 11.3 Å². The number of aryl methyl sites for hydroxylation is 1. The van der Waals surface area contributed by atoms with Gasteiger partial charge >= 0.3 is 0 Å². The molecule has 0 spiro atoms. The highest BCUT2D eigenvalue weighted by atomic mass is 32.1. The van der Waals surface area contributed by atoms with Crippen LogP contribution in [0.4, 0.5) is 0 Å². The molecule has 0 radical (unpaired) electrons. The van der Waals surface area contributed by atoms with Gasteiger partial charge in [0, 0.05) is 49.2 Å². The van der Waals surface area contributed by atoms with Gasteiger partial charge in [-0.25, -0.2) is 0 Å². The Morgan fingerprint density at radius 1 is 1.58 bits per heavy atom. The zero-order valence-corrected chi connectivity index (χ0v) is 14.6. The zero-order valence-electron chi connectivity index (χ0n) is 13.8. The Morgan fingerprint density at radius 2 is 2.50 bits per heavy atom. The van der Waals surface area contributed by atoms with Crippen molar-refractivity contribution >= 4 is 17.2 Å². The van der Waals surface area contributed by atoms with E-state index in [9.17, 15) is 4.79 Å². The number of hydrogen-bond donors (Lipinski definition) is 1. The van der Waals surface area contributed by atoms with Crippen LogP contribution in [0.15, 0.2) is 29.9 Å². The standard InChI is InChI=1S/C17H22N4O2S/c1-20-7-13(5-19-20)8-21-9-14-10-23-12-17(14,11-21)16(22)18-6-15-3-2-4-24-15/h2-5,7,14H,6,8-12H2,1H3,(H,18,22)/t14-,17-/m1/s1. The van der Waals surface area contributed by atoms with E-state index in [-0.39, 0.29) is 11.8 Å². The quantitative estimate of drug-likeness (QED) is 0.885. The zero-order chi connectivity index (χ0) is 16.6. The van der Waals surface area contributed by atoms with Crippen LogP contribution in [-0.2, 0) is 29.7 Å². The SMILES string of the molecule is Cn1cc(CN2C[C@@H]3COC[C@]3(C(=O)NCc3cccs3)C2)cn1. The van der Waals surface area contributed by atoms with Crippen LogP contribution in [0.3, 0.4) is 0 Å². The van der Waals surface area contributed by atoms with Gasteiger partial charge in [0.2, 0.25) is 5.91 Å². The molecule has 2 aromatic rings. The second-order valence-electron chi connectivity index (χ2n) is 6.82. The molecular weight excluding hydrogens is 324 g/mol. The summed E-state index contributed by atoms with van der Waals surface area (Å²) in [6.07, 6.45) is 3.93. The molecule has 24 heavy (non-hydrogen) atoms. The summed E-state index contributed by atoms with van der Waals surface area (Å²) in [5.41, 5.74) is 0.784. The molecule has 1 N–H and O–H groups in total. The van der Waals surface area contributed by atoms with Crippen LogP contribution in [0.1, 0.15) is 10.4 Å². The molecule has 0 saturated carbocycles. The molecule has 2 aliphatic heterocycles. The number of ether oxygens (including phenoxy) is 1. The van der Waals surface area contributed by atoms with Gasteiger partial charge in [-0.3, -0.25) is 14.4 Å². The molecule has 2 aromatic heterocycles. The van der Waals surface area contributed by atoms with Gasteiger partial charge in [-0.15, -0.1) is 11.3 Å². The van der Waals surface area contributed by atoms with Crippen LogP contribution in [0, 0.1) is 11.3 Å². The Kier molecular flexibility index (Phi) is 4.15. The third-order valence-electron chi connectivity index (χ3n) is 5.06. The van der Waals surface area contributed by atoms with Gasteiger partial charge in [-0.2, -0.15) is 5.10 Å². The summed E-state index contributed by atoms with van der Waals surface area (Å²) in [6.45, 7) is 4.30. The lowest BCUT2D eigenvalue weighted by Crippen LogP contribution is -2.46. The summed E-state index contributed by atoms with van der Waals surface area (Å²) in [4.78, 5) is 16.5. The number of carbonyl (C=O) groups is 1. The van der Waals surface area contributed by atoms with Gasteiger partial charge in [0.15, 0.2) is 0 Å². The van der Waals surface area contributed by atoms with E-state index in [0.29, 0.717) is 19.8 Å². The predicted molar refractivity (Wildman–Crippen MR) is 91.4 cm³/mol.